The Bertz CT molecular complexity index is 1120. The van der Waals surface area contributed by atoms with Gasteiger partial charge in [0.1, 0.15) is 24.2 Å². The summed E-state index contributed by atoms with van der Waals surface area (Å²) in [5, 5.41) is 3.00. The Labute approximate surface area is 205 Å². The van der Waals surface area contributed by atoms with E-state index in [2.05, 4.69) is 5.32 Å². The van der Waals surface area contributed by atoms with Crippen molar-refractivity contribution < 1.29 is 26.8 Å². The van der Waals surface area contributed by atoms with Crippen molar-refractivity contribution in [3.8, 4) is 0 Å². The summed E-state index contributed by atoms with van der Waals surface area (Å²) in [5.74, 6) is -1.93. The van der Waals surface area contributed by atoms with Crippen LogP contribution in [0.15, 0.2) is 48.5 Å². The van der Waals surface area contributed by atoms with Crippen LogP contribution in [0.4, 0.5) is 14.5 Å². The minimum Gasteiger partial charge on any atom is -0.352 e. The monoisotopic (exact) mass is 507 g/mol. The van der Waals surface area contributed by atoms with Gasteiger partial charge in [0.2, 0.25) is 21.8 Å². The number of nitrogens with zero attached hydrogens (tertiary/aromatic N) is 2. The van der Waals surface area contributed by atoms with Crippen molar-refractivity contribution in [2.75, 3.05) is 17.1 Å². The number of nitrogens with one attached hydrogen (secondary N) is 1. The number of amides is 2. The Morgan fingerprint density at radius 1 is 0.971 bits per heavy atom. The Kier molecular flexibility index (Phi) is 8.82. The molecule has 0 unspecified atom stereocenters. The van der Waals surface area contributed by atoms with E-state index in [9.17, 15) is 26.8 Å². The SMILES string of the molecule is C[C@H](C(=O)NC1CCCCC1)N(Cc1ccc(F)cc1)C(=O)CN(c1ccc(F)cc1)S(C)(=O)=O. The molecular formula is C25H31F2N3O4S. The van der Waals surface area contributed by atoms with Crippen molar-refractivity contribution >= 4 is 27.5 Å². The van der Waals surface area contributed by atoms with Gasteiger partial charge in [0.15, 0.2) is 0 Å². The molecule has 1 fully saturated rings. The first kappa shape index (κ1) is 26.6. The smallest absolute Gasteiger partial charge is 0.244 e. The average molecular weight is 508 g/mol. The Morgan fingerprint density at radius 2 is 1.51 bits per heavy atom. The predicted octanol–water partition coefficient (Wildman–Crippen LogP) is 3.60. The fourth-order valence-electron chi connectivity index (χ4n) is 4.16. The highest BCUT2D eigenvalue weighted by atomic mass is 32.2. The molecule has 1 saturated carbocycles. The van der Waals surface area contributed by atoms with Crippen LogP contribution in [0.1, 0.15) is 44.6 Å². The van der Waals surface area contributed by atoms with Crippen LogP contribution in [0.2, 0.25) is 0 Å². The van der Waals surface area contributed by atoms with Gasteiger partial charge in [-0.2, -0.15) is 0 Å². The molecule has 1 N–H and O–H groups in total. The number of benzene rings is 2. The van der Waals surface area contributed by atoms with E-state index in [-0.39, 0.29) is 24.2 Å². The lowest BCUT2D eigenvalue weighted by Crippen LogP contribution is -2.52. The van der Waals surface area contributed by atoms with Crippen LogP contribution >= 0.6 is 0 Å². The van der Waals surface area contributed by atoms with Crippen molar-refractivity contribution in [3.63, 3.8) is 0 Å². The van der Waals surface area contributed by atoms with E-state index in [1.807, 2.05) is 0 Å². The molecule has 1 aliphatic rings. The van der Waals surface area contributed by atoms with Crippen LogP contribution in [0.5, 0.6) is 0 Å². The van der Waals surface area contributed by atoms with Gasteiger partial charge in [-0.1, -0.05) is 31.4 Å². The molecule has 190 valence electrons. The molecule has 3 rings (SSSR count). The summed E-state index contributed by atoms with van der Waals surface area (Å²) < 4.78 is 52.6. The molecule has 7 nitrogen and oxygen atoms in total. The first-order valence-corrected chi connectivity index (χ1v) is 13.5. The number of carbonyl (C=O) groups excluding carboxylic acids is 2. The van der Waals surface area contributed by atoms with E-state index in [0.29, 0.717) is 5.56 Å². The summed E-state index contributed by atoms with van der Waals surface area (Å²) in [6.45, 7) is 0.994. The molecule has 0 heterocycles. The maximum absolute atomic E-state index is 13.4. The second-order valence-electron chi connectivity index (χ2n) is 8.91. The first-order valence-electron chi connectivity index (χ1n) is 11.6. The molecule has 0 radical (unpaired) electrons. The molecule has 0 aromatic heterocycles. The highest BCUT2D eigenvalue weighted by molar-refractivity contribution is 7.92. The van der Waals surface area contributed by atoms with E-state index in [1.54, 1.807) is 6.92 Å². The molecule has 0 bridgehead atoms. The molecule has 0 saturated heterocycles. The second-order valence-corrected chi connectivity index (χ2v) is 10.8. The van der Waals surface area contributed by atoms with Crippen molar-refractivity contribution in [3.05, 3.63) is 65.7 Å². The molecule has 10 heteroatoms. The number of carbonyl (C=O) groups is 2. The maximum atomic E-state index is 13.4. The van der Waals surface area contributed by atoms with E-state index >= 15 is 0 Å². The lowest BCUT2D eigenvalue weighted by atomic mass is 9.95. The van der Waals surface area contributed by atoms with Crippen LogP contribution in [-0.2, 0) is 26.2 Å². The largest absolute Gasteiger partial charge is 0.352 e. The lowest BCUT2D eigenvalue weighted by molar-refractivity contribution is -0.139. The van der Waals surface area contributed by atoms with Crippen LogP contribution in [-0.4, -0.2) is 50.0 Å². The van der Waals surface area contributed by atoms with Crippen molar-refractivity contribution in [1.29, 1.82) is 0 Å². The van der Waals surface area contributed by atoms with Gasteiger partial charge in [-0.25, -0.2) is 17.2 Å². The normalized spacial score (nSPS) is 15.3. The van der Waals surface area contributed by atoms with E-state index < -0.39 is 40.2 Å². The zero-order chi connectivity index (χ0) is 25.6. The van der Waals surface area contributed by atoms with Gasteiger partial charge in [0.05, 0.1) is 11.9 Å². The number of anilines is 1. The standard InChI is InChI=1S/C25H31F2N3O4S/c1-18(25(32)28-22-6-4-3-5-7-22)29(16-19-8-10-20(26)11-9-19)24(31)17-30(35(2,33)34)23-14-12-21(27)13-15-23/h8-15,18,22H,3-7,16-17H2,1-2H3,(H,28,32)/t18-/m1/s1. The molecule has 1 aliphatic carbocycles. The van der Waals surface area contributed by atoms with Crippen LogP contribution < -0.4 is 9.62 Å². The zero-order valence-electron chi connectivity index (χ0n) is 19.9. The predicted molar refractivity (Wildman–Crippen MR) is 130 cm³/mol. The fraction of sp³-hybridized carbons (Fsp3) is 0.440. The molecule has 0 spiro atoms. The topological polar surface area (TPSA) is 86.8 Å². The average Bonchev–Trinajstić information content (AvgIpc) is 2.82. The van der Waals surface area contributed by atoms with Crippen LogP contribution in [0.3, 0.4) is 0 Å². The van der Waals surface area contributed by atoms with Gasteiger partial charge in [-0.3, -0.25) is 13.9 Å². The second kappa shape index (κ2) is 11.6. The van der Waals surface area contributed by atoms with Gasteiger partial charge >= 0.3 is 0 Å². The number of hydrogen-bond donors (Lipinski definition) is 1. The van der Waals surface area contributed by atoms with Crippen molar-refractivity contribution in [2.24, 2.45) is 0 Å². The molecule has 2 aromatic carbocycles. The zero-order valence-corrected chi connectivity index (χ0v) is 20.7. The maximum Gasteiger partial charge on any atom is 0.244 e. The lowest BCUT2D eigenvalue weighted by Gasteiger charge is -2.33. The summed E-state index contributed by atoms with van der Waals surface area (Å²) in [6.07, 6.45) is 5.87. The number of halogens is 2. The summed E-state index contributed by atoms with van der Waals surface area (Å²) in [7, 11) is -3.89. The molecule has 35 heavy (non-hydrogen) atoms. The molecule has 2 amide bonds. The van der Waals surface area contributed by atoms with Crippen LogP contribution in [0.25, 0.3) is 0 Å². The molecular weight excluding hydrogens is 476 g/mol. The van der Waals surface area contributed by atoms with Gasteiger partial charge in [-0.05, 0) is 61.7 Å². The summed E-state index contributed by atoms with van der Waals surface area (Å²) in [6, 6.07) is 9.42. The van der Waals surface area contributed by atoms with Crippen molar-refractivity contribution in [2.45, 2.75) is 57.7 Å². The minimum absolute atomic E-state index is 0.0145. The fourth-order valence-corrected chi connectivity index (χ4v) is 5.01. The Hall–Kier alpha value is -3.01. The summed E-state index contributed by atoms with van der Waals surface area (Å²) >= 11 is 0. The van der Waals surface area contributed by atoms with Gasteiger partial charge in [0, 0.05) is 12.6 Å². The number of rotatable bonds is 9. The minimum atomic E-state index is -3.89. The summed E-state index contributed by atoms with van der Waals surface area (Å²) in [5.41, 5.74) is 0.716. The van der Waals surface area contributed by atoms with E-state index in [0.717, 1.165) is 54.8 Å². The third kappa shape index (κ3) is 7.48. The van der Waals surface area contributed by atoms with E-state index in [4.69, 9.17) is 0 Å². The number of sulfonamides is 1. The van der Waals surface area contributed by atoms with Gasteiger partial charge < -0.3 is 10.2 Å². The third-order valence-corrected chi connectivity index (χ3v) is 7.32. The van der Waals surface area contributed by atoms with Gasteiger partial charge in [-0.15, -0.1) is 0 Å². The summed E-state index contributed by atoms with van der Waals surface area (Å²) in [4.78, 5) is 27.8. The third-order valence-electron chi connectivity index (χ3n) is 6.18. The van der Waals surface area contributed by atoms with E-state index in [1.165, 1.54) is 41.3 Å². The van der Waals surface area contributed by atoms with Crippen LogP contribution in [0, 0.1) is 11.6 Å². The van der Waals surface area contributed by atoms with Crippen molar-refractivity contribution in [1.82, 2.24) is 10.2 Å². The molecule has 0 aliphatic heterocycles. The highest BCUT2D eigenvalue weighted by Crippen LogP contribution is 2.21. The Balaban J connectivity index is 1.85. The highest BCUT2D eigenvalue weighted by Gasteiger charge is 2.31. The number of hydrogen-bond acceptors (Lipinski definition) is 4. The van der Waals surface area contributed by atoms with Gasteiger partial charge in [0.25, 0.3) is 0 Å². The quantitative estimate of drug-likeness (QED) is 0.562. The molecule has 2 aromatic rings. The molecule has 1 atom stereocenters. The first-order chi connectivity index (χ1) is 16.5. The Morgan fingerprint density at radius 3 is 2.06 bits per heavy atom.